The number of rotatable bonds is 27. The smallest absolute Gasteiger partial charge is 0.315 e. The van der Waals surface area contributed by atoms with Gasteiger partial charge in [-0.15, -0.1) is 0 Å². The maximum atomic E-state index is 14.0. The Bertz CT molecular complexity index is 1710. The van der Waals surface area contributed by atoms with Crippen LogP contribution in [0, 0.1) is 17.8 Å². The molecule has 2 heterocycles. The summed E-state index contributed by atoms with van der Waals surface area (Å²) < 4.78 is 0. The summed E-state index contributed by atoms with van der Waals surface area (Å²) in [5.41, 5.74) is 10.3. The van der Waals surface area contributed by atoms with Crippen molar-refractivity contribution in [1.82, 2.24) is 26.6 Å². The quantitative estimate of drug-likeness (QED) is 0.0116. The van der Waals surface area contributed by atoms with Crippen LogP contribution in [-0.4, -0.2) is 99.8 Å². The van der Waals surface area contributed by atoms with Gasteiger partial charge in [-0.25, -0.2) is 4.79 Å². The number of nitrogens with zero attached hydrogens (tertiary/aromatic N) is 3. The van der Waals surface area contributed by atoms with Crippen molar-refractivity contribution in [2.45, 2.75) is 108 Å². The van der Waals surface area contributed by atoms with Crippen LogP contribution in [0.5, 0.6) is 0 Å². The Labute approximate surface area is 355 Å². The van der Waals surface area contributed by atoms with Crippen LogP contribution in [0.15, 0.2) is 59.7 Å². The van der Waals surface area contributed by atoms with Crippen LogP contribution in [0.2, 0.25) is 0 Å². The van der Waals surface area contributed by atoms with E-state index in [1.165, 1.54) is 11.8 Å². The fourth-order valence-corrected chi connectivity index (χ4v) is 10.1. The Morgan fingerprint density at radius 3 is 2.32 bits per heavy atom. The number of unbranched alkanes of at least 4 members (excludes halogenated alkanes) is 4. The number of amides is 5. The van der Waals surface area contributed by atoms with Crippen molar-refractivity contribution in [1.29, 1.82) is 0 Å². The molecule has 4 rings (SSSR count). The lowest BCUT2D eigenvalue weighted by Gasteiger charge is -2.30. The van der Waals surface area contributed by atoms with Crippen LogP contribution >= 0.6 is 23.5 Å². The molecule has 0 saturated carbocycles. The molecule has 6 unspecified atom stereocenters. The van der Waals surface area contributed by atoms with Crippen molar-refractivity contribution in [3.8, 4) is 0 Å². The second-order valence-corrected chi connectivity index (χ2v) is 18.0. The van der Waals surface area contributed by atoms with Gasteiger partial charge in [-0.3, -0.25) is 19.2 Å². The first-order chi connectivity index (χ1) is 28.4. The van der Waals surface area contributed by atoms with E-state index < -0.39 is 30.1 Å². The molecule has 59 heavy (non-hydrogen) atoms. The molecule has 2 fully saturated rings. The highest BCUT2D eigenvalue weighted by molar-refractivity contribution is 8.00. The largest absolute Gasteiger partial charge is 0.368 e. The standard InChI is InChI=1S/C42H60N8O7S2/c1-27(2)22-31(32(41(55)56)24-58-26-35(51)29-16-18-30(19-17-29)49-50-43)39(53)46-33(23-28-12-6-5-7-13-28)40(54)45-21-11-4-3-10-20-44-37(52)15-9-8-14-36-38-34(25-59-36)47-42(57)48-38/h5-7,12-13,16-19,27,31-34,36,38,41,55-56H,3-4,8-11,14-15,20-26H2,1-2H3,(H,44,52)(H,45,54)(H,46,53)(H2,47,48,57). The van der Waals surface area contributed by atoms with Gasteiger partial charge in [0.15, 0.2) is 12.1 Å². The van der Waals surface area contributed by atoms with Gasteiger partial charge in [-0.2, -0.15) is 23.5 Å². The second-order valence-electron chi connectivity index (χ2n) is 15.7. The molecule has 2 saturated heterocycles. The zero-order valence-corrected chi connectivity index (χ0v) is 35.6. The number of aliphatic hydroxyl groups is 2. The van der Waals surface area contributed by atoms with Crippen LogP contribution in [0.1, 0.15) is 87.6 Å². The molecule has 0 bridgehead atoms. The predicted octanol–water partition coefficient (Wildman–Crippen LogP) is 5.38. The molecule has 5 amide bonds. The van der Waals surface area contributed by atoms with Gasteiger partial charge in [-0.1, -0.05) is 92.8 Å². The molecular weight excluding hydrogens is 793 g/mol. The third-order valence-electron chi connectivity index (χ3n) is 10.6. The summed E-state index contributed by atoms with van der Waals surface area (Å²) in [6.45, 7) is 4.88. The number of thioether (sulfide) groups is 2. The molecule has 7 N–H and O–H groups in total. The second kappa shape index (κ2) is 25.4. The maximum Gasteiger partial charge on any atom is 0.315 e. The Hall–Kier alpha value is -4.28. The van der Waals surface area contributed by atoms with Gasteiger partial charge in [0.2, 0.25) is 17.7 Å². The summed E-state index contributed by atoms with van der Waals surface area (Å²) in [7, 11) is 0. The van der Waals surface area contributed by atoms with Crippen molar-refractivity contribution in [2.75, 3.05) is 30.3 Å². The molecule has 0 radical (unpaired) electrons. The number of ketones is 1. The minimum atomic E-state index is -1.83. The van der Waals surface area contributed by atoms with Gasteiger partial charge in [0.05, 0.1) is 17.8 Å². The van der Waals surface area contributed by atoms with Gasteiger partial charge in [0.25, 0.3) is 0 Å². The van der Waals surface area contributed by atoms with Crippen molar-refractivity contribution in [2.24, 2.45) is 22.9 Å². The molecule has 2 aliphatic rings. The number of aliphatic hydroxyl groups excluding tert-OH is 1. The lowest BCUT2D eigenvalue weighted by molar-refractivity contribution is -0.140. The first-order valence-corrected chi connectivity index (χ1v) is 22.8. The van der Waals surface area contributed by atoms with E-state index in [1.54, 1.807) is 24.3 Å². The summed E-state index contributed by atoms with van der Waals surface area (Å²) in [4.78, 5) is 67.0. The minimum absolute atomic E-state index is 0.0270. The van der Waals surface area contributed by atoms with E-state index in [4.69, 9.17) is 5.53 Å². The first-order valence-electron chi connectivity index (χ1n) is 20.6. The fraction of sp³-hybridized carbons (Fsp3) is 0.595. The Morgan fingerprint density at radius 2 is 1.64 bits per heavy atom. The number of carbonyl (C=O) groups excluding carboxylic acids is 5. The molecule has 0 aliphatic carbocycles. The molecule has 0 aromatic heterocycles. The van der Waals surface area contributed by atoms with E-state index in [9.17, 15) is 34.2 Å². The van der Waals surface area contributed by atoms with Crippen LogP contribution in [-0.2, 0) is 20.8 Å². The summed E-state index contributed by atoms with van der Waals surface area (Å²) in [6.07, 6.45) is 5.27. The predicted molar refractivity (Wildman–Crippen MR) is 232 cm³/mol. The van der Waals surface area contributed by atoms with E-state index in [0.29, 0.717) is 42.4 Å². The zero-order valence-electron chi connectivity index (χ0n) is 34.0. The topological polar surface area (TPSA) is 235 Å². The minimum Gasteiger partial charge on any atom is -0.368 e. The first kappa shape index (κ1) is 47.4. The Kier molecular flexibility index (Phi) is 20.4. The van der Waals surface area contributed by atoms with Crippen LogP contribution in [0.4, 0.5) is 10.5 Å². The Balaban J connectivity index is 1.19. The van der Waals surface area contributed by atoms with Crippen molar-refractivity contribution < 1.29 is 34.2 Å². The molecule has 17 heteroatoms. The summed E-state index contributed by atoms with van der Waals surface area (Å²) in [6, 6.07) is 15.0. The molecule has 0 spiro atoms. The maximum absolute atomic E-state index is 14.0. The molecule has 15 nitrogen and oxygen atoms in total. The van der Waals surface area contributed by atoms with E-state index in [1.807, 2.05) is 55.9 Å². The van der Waals surface area contributed by atoms with Gasteiger partial charge >= 0.3 is 6.03 Å². The van der Waals surface area contributed by atoms with E-state index >= 15 is 0 Å². The number of hydrogen-bond donors (Lipinski definition) is 7. The number of carbonyl (C=O) groups is 5. The van der Waals surface area contributed by atoms with Crippen molar-refractivity contribution >= 4 is 58.7 Å². The van der Waals surface area contributed by atoms with Crippen molar-refractivity contribution in [3.05, 3.63) is 76.2 Å². The van der Waals surface area contributed by atoms with Gasteiger partial charge in [0.1, 0.15) is 6.04 Å². The lowest BCUT2D eigenvalue weighted by Crippen LogP contribution is -2.52. The number of azide groups is 1. The third-order valence-corrected chi connectivity index (χ3v) is 13.2. The van der Waals surface area contributed by atoms with Crippen LogP contribution in [0.3, 0.4) is 0 Å². The van der Waals surface area contributed by atoms with Gasteiger partial charge in [0, 0.05) is 70.7 Å². The summed E-state index contributed by atoms with van der Waals surface area (Å²) in [5, 5.41) is 39.7. The highest BCUT2D eigenvalue weighted by Gasteiger charge is 2.42. The molecule has 6 atom stereocenters. The van der Waals surface area contributed by atoms with Crippen LogP contribution < -0.4 is 26.6 Å². The third kappa shape index (κ3) is 16.4. The molecular formula is C42H60N8O7S2. The summed E-state index contributed by atoms with van der Waals surface area (Å²) >= 11 is 3.08. The number of Topliss-reactive ketones (excluding diaryl/α,β-unsaturated/α-hetero) is 1. The normalized spacial score (nSPS) is 18.5. The van der Waals surface area contributed by atoms with E-state index in [-0.39, 0.29) is 59.6 Å². The highest BCUT2D eigenvalue weighted by atomic mass is 32.2. The number of hydrogen-bond acceptors (Lipinski definition) is 10. The Morgan fingerprint density at radius 1 is 0.932 bits per heavy atom. The lowest BCUT2D eigenvalue weighted by atomic mass is 9.84. The monoisotopic (exact) mass is 852 g/mol. The fourth-order valence-electron chi connectivity index (χ4n) is 7.40. The molecule has 2 aliphatic heterocycles. The molecule has 322 valence electrons. The average molecular weight is 853 g/mol. The number of fused-ring (bicyclic) bond motifs is 1. The van der Waals surface area contributed by atoms with E-state index in [2.05, 4.69) is 36.6 Å². The van der Waals surface area contributed by atoms with Gasteiger partial charge in [-0.05, 0) is 49.1 Å². The molecule has 2 aromatic carbocycles. The van der Waals surface area contributed by atoms with Crippen molar-refractivity contribution in [3.63, 3.8) is 0 Å². The molecule has 2 aromatic rings. The van der Waals surface area contributed by atoms with Crippen LogP contribution in [0.25, 0.3) is 10.4 Å². The average Bonchev–Trinajstić information content (AvgIpc) is 3.77. The number of urea groups is 1. The number of nitrogens with one attached hydrogen (secondary N) is 5. The highest BCUT2D eigenvalue weighted by Crippen LogP contribution is 2.33. The number of benzene rings is 2. The SMILES string of the molecule is CC(C)CC(C(=O)NC(Cc1ccccc1)C(=O)NCCCCCCNC(=O)CCCCC1SCC2NC(=O)NC21)C(CSCC(=O)c1ccc(N=[N+]=[N-])cc1)C(O)O. The van der Waals surface area contributed by atoms with Gasteiger partial charge < -0.3 is 36.8 Å². The summed E-state index contributed by atoms with van der Waals surface area (Å²) in [5.74, 6) is -1.57. The van der Waals surface area contributed by atoms with E-state index in [0.717, 1.165) is 56.3 Å². The zero-order chi connectivity index (χ0) is 42.6.